The Balaban J connectivity index is 2.05. The molecule has 1 atom stereocenters. The molecule has 40 heavy (non-hydrogen) atoms. The van der Waals surface area contributed by atoms with E-state index in [9.17, 15) is 13.2 Å². The summed E-state index contributed by atoms with van der Waals surface area (Å²) in [6.07, 6.45) is 6.37. The van der Waals surface area contributed by atoms with Crippen LogP contribution in [-0.2, 0) is 21.3 Å². The Hall–Kier alpha value is -2.16. The van der Waals surface area contributed by atoms with Crippen molar-refractivity contribution in [1.82, 2.24) is 14.6 Å². The Morgan fingerprint density at radius 1 is 1.10 bits per heavy atom. The summed E-state index contributed by atoms with van der Waals surface area (Å²) in [5, 5.41) is 3.22. The highest BCUT2D eigenvalue weighted by molar-refractivity contribution is 7.89. The van der Waals surface area contributed by atoms with Gasteiger partial charge >= 0.3 is 0 Å². The minimum atomic E-state index is -3.70. The maximum Gasteiger partial charge on any atom is 0.253 e. The van der Waals surface area contributed by atoms with Crippen molar-refractivity contribution in [2.45, 2.75) is 123 Å². The normalized spacial score (nSPS) is 15.9. The van der Waals surface area contributed by atoms with Crippen LogP contribution in [-0.4, -0.2) is 43.7 Å². The lowest BCUT2D eigenvalue weighted by molar-refractivity contribution is 0.0696. The van der Waals surface area contributed by atoms with Crippen molar-refractivity contribution in [1.29, 1.82) is 0 Å². The number of hydrogen-bond donors (Lipinski definition) is 2. The van der Waals surface area contributed by atoms with Crippen LogP contribution < -0.4 is 10.0 Å². The lowest BCUT2D eigenvalue weighted by atomic mass is 9.99. The minimum Gasteiger partial charge on any atom is -0.381 e. The van der Waals surface area contributed by atoms with Gasteiger partial charge in [-0.15, -0.1) is 0 Å². The molecule has 7 nitrogen and oxygen atoms in total. The molecule has 0 aliphatic carbocycles. The van der Waals surface area contributed by atoms with Gasteiger partial charge in [0, 0.05) is 42.7 Å². The Morgan fingerprint density at radius 3 is 2.38 bits per heavy atom. The quantitative estimate of drug-likeness (QED) is 0.274. The second-order valence-electron chi connectivity index (χ2n) is 12.9. The summed E-state index contributed by atoms with van der Waals surface area (Å²) < 4.78 is 37.2. The molecule has 0 bridgehead atoms. The zero-order valence-electron chi connectivity index (χ0n) is 25.9. The van der Waals surface area contributed by atoms with E-state index < -0.39 is 15.6 Å². The molecule has 8 heteroatoms. The lowest BCUT2D eigenvalue weighted by Gasteiger charge is -2.23. The third kappa shape index (κ3) is 8.43. The molecule has 2 aromatic rings. The highest BCUT2D eigenvalue weighted by Gasteiger charge is 2.27. The summed E-state index contributed by atoms with van der Waals surface area (Å²) in [5.41, 5.74) is 3.68. The van der Waals surface area contributed by atoms with Crippen LogP contribution in [0.15, 0.2) is 29.2 Å². The number of aromatic nitrogens is 1. The number of hydrogen-bond acceptors (Lipinski definition) is 4. The molecule has 1 unspecified atom stereocenters. The van der Waals surface area contributed by atoms with Gasteiger partial charge in [0.2, 0.25) is 10.0 Å². The van der Waals surface area contributed by atoms with E-state index in [2.05, 4.69) is 28.5 Å². The van der Waals surface area contributed by atoms with Gasteiger partial charge in [-0.25, -0.2) is 13.1 Å². The molecular formula is C32H51N3O4S. The van der Waals surface area contributed by atoms with Crippen LogP contribution in [0.25, 0.3) is 11.3 Å². The van der Waals surface area contributed by atoms with Crippen molar-refractivity contribution in [3.8, 4) is 11.3 Å². The number of carbonyl (C=O) groups is 1. The highest BCUT2D eigenvalue weighted by atomic mass is 32.2. The first-order chi connectivity index (χ1) is 18.7. The summed E-state index contributed by atoms with van der Waals surface area (Å²) in [6.45, 7) is 18.2. The Bertz CT molecular complexity index is 1250. The average Bonchev–Trinajstić information content (AvgIpc) is 3.19. The van der Waals surface area contributed by atoms with E-state index >= 15 is 0 Å². The minimum absolute atomic E-state index is 0.000240. The zero-order valence-corrected chi connectivity index (χ0v) is 26.7. The van der Waals surface area contributed by atoms with E-state index in [0.717, 1.165) is 48.3 Å². The highest BCUT2D eigenvalue weighted by Crippen LogP contribution is 2.33. The van der Waals surface area contributed by atoms with Crippen molar-refractivity contribution in [3.05, 3.63) is 41.1 Å². The van der Waals surface area contributed by atoms with E-state index in [0.29, 0.717) is 29.6 Å². The summed E-state index contributed by atoms with van der Waals surface area (Å²) in [7, 11) is -3.70. The fourth-order valence-corrected chi connectivity index (χ4v) is 7.23. The monoisotopic (exact) mass is 573 g/mol. The first kappa shape index (κ1) is 32.4. The van der Waals surface area contributed by atoms with Crippen LogP contribution in [0.4, 0.5) is 0 Å². The number of sulfonamides is 1. The van der Waals surface area contributed by atoms with E-state index in [1.54, 1.807) is 6.07 Å². The largest absolute Gasteiger partial charge is 0.381 e. The number of carbonyl (C=O) groups excluding carboxylic acids is 1. The Kier molecular flexibility index (Phi) is 11.1. The maximum absolute atomic E-state index is 13.5. The van der Waals surface area contributed by atoms with Gasteiger partial charge < -0.3 is 14.6 Å². The molecule has 1 aliphatic heterocycles. The average molecular weight is 574 g/mol. The van der Waals surface area contributed by atoms with Gasteiger partial charge in [0.15, 0.2) is 0 Å². The van der Waals surface area contributed by atoms with Gasteiger partial charge in [-0.05, 0) is 88.1 Å². The van der Waals surface area contributed by atoms with Gasteiger partial charge in [-0.3, -0.25) is 4.79 Å². The molecule has 1 fully saturated rings. The van der Waals surface area contributed by atoms with Crippen LogP contribution >= 0.6 is 0 Å². The van der Waals surface area contributed by atoms with E-state index in [4.69, 9.17) is 4.74 Å². The van der Waals surface area contributed by atoms with Gasteiger partial charge in [0.25, 0.3) is 5.91 Å². The number of rotatable bonds is 12. The van der Waals surface area contributed by atoms with Crippen molar-refractivity contribution < 1.29 is 17.9 Å². The number of unbranched alkanes of at least 4 members (excludes halogenated alkanes) is 2. The molecule has 1 aromatic heterocycles. The zero-order chi connectivity index (χ0) is 29.7. The van der Waals surface area contributed by atoms with Crippen LogP contribution in [0.3, 0.4) is 0 Å². The molecule has 224 valence electrons. The van der Waals surface area contributed by atoms with Crippen LogP contribution in [0, 0.1) is 12.8 Å². The third-order valence-corrected chi connectivity index (χ3v) is 9.45. The van der Waals surface area contributed by atoms with Crippen LogP contribution in [0.1, 0.15) is 115 Å². The predicted octanol–water partition coefficient (Wildman–Crippen LogP) is 6.79. The predicted molar refractivity (Wildman–Crippen MR) is 163 cm³/mol. The fraction of sp³-hybridized carbons (Fsp3) is 0.656. The van der Waals surface area contributed by atoms with Crippen molar-refractivity contribution in [3.63, 3.8) is 0 Å². The number of nitrogens with zero attached hydrogens (tertiary/aromatic N) is 1. The Labute approximate surface area is 242 Å². The molecule has 1 amide bonds. The standard InChI is InChI=1S/C32H51N3O4S/c1-9-10-11-12-23(4)21-35-24(5)28(31(36)33-26-15-17-39-18-16-26)20-29(35)25-13-14-30(27(19-25)22(2)3)40(37,38)34-32(6,7)8/h13-14,19-20,22-23,26,34H,9-12,15-18,21H2,1-8H3,(H,33,36). The van der Waals surface area contributed by atoms with Gasteiger partial charge in [0.1, 0.15) is 0 Å². The van der Waals surface area contributed by atoms with Gasteiger partial charge in [-0.1, -0.05) is 53.0 Å². The molecule has 2 heterocycles. The molecule has 2 N–H and O–H groups in total. The molecule has 1 aromatic carbocycles. The van der Waals surface area contributed by atoms with E-state index in [-0.39, 0.29) is 17.9 Å². The summed E-state index contributed by atoms with van der Waals surface area (Å²) in [6, 6.07) is 7.71. The van der Waals surface area contributed by atoms with E-state index in [1.807, 2.05) is 59.7 Å². The van der Waals surface area contributed by atoms with E-state index in [1.165, 1.54) is 19.3 Å². The van der Waals surface area contributed by atoms with Gasteiger partial charge in [-0.2, -0.15) is 0 Å². The van der Waals surface area contributed by atoms with Gasteiger partial charge in [0.05, 0.1) is 10.5 Å². The second kappa shape index (κ2) is 13.7. The van der Waals surface area contributed by atoms with Crippen LogP contribution in [0.5, 0.6) is 0 Å². The number of amides is 1. The molecule has 0 saturated carbocycles. The Morgan fingerprint density at radius 2 is 1.77 bits per heavy atom. The van der Waals surface area contributed by atoms with Crippen molar-refractivity contribution in [2.75, 3.05) is 13.2 Å². The first-order valence-corrected chi connectivity index (χ1v) is 16.5. The molecule has 0 radical (unpaired) electrons. The summed E-state index contributed by atoms with van der Waals surface area (Å²) >= 11 is 0. The molecule has 0 spiro atoms. The molecule has 1 saturated heterocycles. The number of benzene rings is 1. The lowest BCUT2D eigenvalue weighted by Crippen LogP contribution is -2.40. The third-order valence-electron chi connectivity index (χ3n) is 7.62. The SMILES string of the molecule is CCCCCC(C)Cn1c(-c2ccc(S(=O)(=O)NC(C)(C)C)c(C(C)C)c2)cc(C(=O)NC2CCOCC2)c1C. The fourth-order valence-electron chi connectivity index (χ4n) is 5.46. The second-order valence-corrected chi connectivity index (χ2v) is 14.5. The summed E-state index contributed by atoms with van der Waals surface area (Å²) in [4.78, 5) is 13.8. The number of ether oxygens (including phenoxy) is 1. The topological polar surface area (TPSA) is 89.4 Å². The number of nitrogens with one attached hydrogen (secondary N) is 2. The van der Waals surface area contributed by atoms with Crippen LogP contribution in [0.2, 0.25) is 0 Å². The van der Waals surface area contributed by atoms with Crippen molar-refractivity contribution in [2.24, 2.45) is 5.92 Å². The molecular weight excluding hydrogens is 522 g/mol. The summed E-state index contributed by atoms with van der Waals surface area (Å²) in [5.74, 6) is 0.393. The first-order valence-electron chi connectivity index (χ1n) is 15.0. The molecule has 1 aliphatic rings. The van der Waals surface area contributed by atoms with Crippen molar-refractivity contribution >= 4 is 15.9 Å². The maximum atomic E-state index is 13.5. The molecule has 3 rings (SSSR count). The smallest absolute Gasteiger partial charge is 0.253 e.